The Balaban J connectivity index is 3.35. The van der Waals surface area contributed by atoms with E-state index in [1.807, 2.05) is 6.07 Å². The number of benzene rings is 1. The van der Waals surface area contributed by atoms with Crippen molar-refractivity contribution >= 4 is 5.57 Å². The lowest BCUT2D eigenvalue weighted by atomic mass is 9.82. The zero-order valence-corrected chi connectivity index (χ0v) is 10.4. The van der Waals surface area contributed by atoms with E-state index in [0.29, 0.717) is 0 Å². The first-order valence-corrected chi connectivity index (χ1v) is 5.41. The molecule has 0 aliphatic carbocycles. The van der Waals surface area contributed by atoms with E-state index in [1.54, 1.807) is 0 Å². The van der Waals surface area contributed by atoms with Crippen molar-refractivity contribution < 1.29 is 0 Å². The van der Waals surface area contributed by atoms with Gasteiger partial charge in [0.05, 0.1) is 0 Å². The Kier molecular flexibility index (Phi) is 3.55. The van der Waals surface area contributed by atoms with E-state index in [2.05, 4.69) is 64.6 Å². The van der Waals surface area contributed by atoms with Gasteiger partial charge in [0, 0.05) is 5.57 Å². The van der Waals surface area contributed by atoms with Crippen molar-refractivity contribution in [3.8, 4) is 0 Å². The van der Waals surface area contributed by atoms with Gasteiger partial charge in [0.2, 0.25) is 0 Å². The van der Waals surface area contributed by atoms with Crippen molar-refractivity contribution in [3.63, 3.8) is 0 Å². The fourth-order valence-corrected chi connectivity index (χ4v) is 1.55. The van der Waals surface area contributed by atoms with Crippen LogP contribution in [0.15, 0.2) is 41.6 Å². The van der Waals surface area contributed by atoms with Gasteiger partial charge in [-0.3, -0.25) is 0 Å². The zero-order valence-electron chi connectivity index (χ0n) is 10.4. The highest BCUT2D eigenvalue weighted by Crippen LogP contribution is 2.33. The molecule has 0 radical (unpaired) electrons. The first-order valence-electron chi connectivity index (χ1n) is 5.41. The van der Waals surface area contributed by atoms with Gasteiger partial charge >= 0.3 is 0 Å². The SMILES string of the molecule is CC(C)=C=C(c1ccccc1)C(C)(C)C. The molecule has 0 aromatic heterocycles. The molecular weight excluding hydrogens is 180 g/mol. The van der Waals surface area contributed by atoms with E-state index in [1.165, 1.54) is 16.7 Å². The van der Waals surface area contributed by atoms with Gasteiger partial charge in [0.1, 0.15) is 0 Å². The van der Waals surface area contributed by atoms with Gasteiger partial charge in [0.25, 0.3) is 0 Å². The summed E-state index contributed by atoms with van der Waals surface area (Å²) in [4.78, 5) is 0. The fourth-order valence-electron chi connectivity index (χ4n) is 1.55. The Morgan fingerprint density at radius 1 is 1.00 bits per heavy atom. The number of rotatable bonds is 1. The van der Waals surface area contributed by atoms with Crippen LogP contribution in [0.2, 0.25) is 0 Å². The Morgan fingerprint density at radius 3 is 1.93 bits per heavy atom. The Hall–Kier alpha value is -1.26. The van der Waals surface area contributed by atoms with E-state index in [-0.39, 0.29) is 5.41 Å². The van der Waals surface area contributed by atoms with Gasteiger partial charge in [-0.15, -0.1) is 5.73 Å². The molecule has 0 heterocycles. The van der Waals surface area contributed by atoms with Crippen molar-refractivity contribution in [3.05, 3.63) is 47.2 Å². The summed E-state index contributed by atoms with van der Waals surface area (Å²) in [6, 6.07) is 10.5. The summed E-state index contributed by atoms with van der Waals surface area (Å²) >= 11 is 0. The molecule has 0 unspecified atom stereocenters. The molecule has 0 spiro atoms. The van der Waals surface area contributed by atoms with Crippen LogP contribution in [0.3, 0.4) is 0 Å². The third kappa shape index (κ3) is 3.42. The molecule has 0 aliphatic heterocycles. The van der Waals surface area contributed by atoms with Crippen molar-refractivity contribution in [2.75, 3.05) is 0 Å². The maximum atomic E-state index is 3.47. The Bertz CT molecular complexity index is 378. The molecule has 0 amide bonds. The topological polar surface area (TPSA) is 0 Å². The molecule has 15 heavy (non-hydrogen) atoms. The normalized spacial score (nSPS) is 10.7. The molecule has 0 N–H and O–H groups in total. The predicted octanol–water partition coefficient (Wildman–Crippen LogP) is 4.68. The molecule has 1 rings (SSSR count). The van der Waals surface area contributed by atoms with Crippen LogP contribution in [0.4, 0.5) is 0 Å². The molecule has 0 heteroatoms. The maximum Gasteiger partial charge on any atom is 0.00649 e. The molecule has 0 atom stereocenters. The molecule has 0 fully saturated rings. The van der Waals surface area contributed by atoms with Crippen molar-refractivity contribution in [2.45, 2.75) is 34.6 Å². The first kappa shape index (κ1) is 11.8. The van der Waals surface area contributed by atoms with E-state index in [0.717, 1.165) is 0 Å². The van der Waals surface area contributed by atoms with Crippen LogP contribution in [-0.2, 0) is 0 Å². The molecule has 0 nitrogen and oxygen atoms in total. The highest BCUT2D eigenvalue weighted by Gasteiger charge is 2.18. The summed E-state index contributed by atoms with van der Waals surface area (Å²) in [5.41, 5.74) is 7.38. The van der Waals surface area contributed by atoms with Crippen LogP contribution in [0, 0.1) is 5.41 Å². The van der Waals surface area contributed by atoms with Crippen LogP contribution in [-0.4, -0.2) is 0 Å². The number of allylic oxidation sites excluding steroid dienone is 1. The lowest BCUT2D eigenvalue weighted by Gasteiger charge is -2.21. The van der Waals surface area contributed by atoms with Gasteiger partial charge in [-0.05, 0) is 30.4 Å². The minimum absolute atomic E-state index is 0.138. The summed E-state index contributed by atoms with van der Waals surface area (Å²) < 4.78 is 0. The van der Waals surface area contributed by atoms with Gasteiger partial charge in [-0.2, -0.15) is 0 Å². The Labute approximate surface area is 93.3 Å². The van der Waals surface area contributed by atoms with Crippen LogP contribution in [0.25, 0.3) is 5.57 Å². The van der Waals surface area contributed by atoms with Crippen LogP contribution in [0.1, 0.15) is 40.2 Å². The van der Waals surface area contributed by atoms with Crippen LogP contribution < -0.4 is 0 Å². The lowest BCUT2D eigenvalue weighted by molar-refractivity contribution is 0.567. The summed E-state index contributed by atoms with van der Waals surface area (Å²) in [7, 11) is 0. The third-order valence-electron chi connectivity index (χ3n) is 2.19. The molecular formula is C15H20. The third-order valence-corrected chi connectivity index (χ3v) is 2.19. The van der Waals surface area contributed by atoms with Gasteiger partial charge < -0.3 is 0 Å². The number of hydrogen-bond donors (Lipinski definition) is 0. The largest absolute Gasteiger partial charge is 0.118 e. The summed E-state index contributed by atoms with van der Waals surface area (Å²) in [5, 5.41) is 0. The van der Waals surface area contributed by atoms with Crippen LogP contribution >= 0.6 is 0 Å². The van der Waals surface area contributed by atoms with E-state index in [9.17, 15) is 0 Å². The molecule has 0 bridgehead atoms. The molecule has 1 aromatic rings. The van der Waals surface area contributed by atoms with E-state index in [4.69, 9.17) is 0 Å². The second-order valence-corrected chi connectivity index (χ2v) is 5.12. The lowest BCUT2D eigenvalue weighted by Crippen LogP contribution is -2.07. The van der Waals surface area contributed by atoms with Crippen LogP contribution in [0.5, 0.6) is 0 Å². The molecule has 0 saturated carbocycles. The highest BCUT2D eigenvalue weighted by molar-refractivity contribution is 5.69. The monoisotopic (exact) mass is 200 g/mol. The van der Waals surface area contributed by atoms with Gasteiger partial charge in [-0.25, -0.2) is 0 Å². The summed E-state index contributed by atoms with van der Waals surface area (Å²) in [6.07, 6.45) is 0. The fraction of sp³-hybridized carbons (Fsp3) is 0.400. The minimum atomic E-state index is 0.138. The number of hydrogen-bond acceptors (Lipinski definition) is 0. The van der Waals surface area contributed by atoms with Gasteiger partial charge in [-0.1, -0.05) is 51.1 Å². The van der Waals surface area contributed by atoms with Gasteiger partial charge in [0.15, 0.2) is 0 Å². The highest BCUT2D eigenvalue weighted by atomic mass is 14.2. The summed E-state index contributed by atoms with van der Waals surface area (Å²) in [6.45, 7) is 10.9. The van der Waals surface area contributed by atoms with Crippen molar-refractivity contribution in [1.29, 1.82) is 0 Å². The average molecular weight is 200 g/mol. The molecule has 0 aliphatic rings. The van der Waals surface area contributed by atoms with Crippen molar-refractivity contribution in [1.82, 2.24) is 0 Å². The predicted molar refractivity (Wildman–Crippen MR) is 67.7 cm³/mol. The molecule has 1 aromatic carbocycles. The first-order chi connectivity index (χ1) is 6.91. The molecule has 0 saturated heterocycles. The quantitative estimate of drug-likeness (QED) is 0.577. The summed E-state index contributed by atoms with van der Waals surface area (Å²) in [5.74, 6) is 0. The second-order valence-electron chi connectivity index (χ2n) is 5.12. The second kappa shape index (κ2) is 4.51. The van der Waals surface area contributed by atoms with Crippen molar-refractivity contribution in [2.24, 2.45) is 5.41 Å². The smallest absolute Gasteiger partial charge is 0.00649 e. The standard InChI is InChI=1S/C15H20/c1-12(2)11-14(15(3,4)5)13-9-7-6-8-10-13/h6-10H,1-5H3. The minimum Gasteiger partial charge on any atom is -0.118 e. The molecule has 80 valence electrons. The average Bonchev–Trinajstić information content (AvgIpc) is 2.14. The van der Waals surface area contributed by atoms with E-state index < -0.39 is 0 Å². The Morgan fingerprint density at radius 2 is 1.53 bits per heavy atom. The zero-order chi connectivity index (χ0) is 11.5. The maximum absolute atomic E-state index is 3.47. The van der Waals surface area contributed by atoms with E-state index >= 15 is 0 Å².